The summed E-state index contributed by atoms with van der Waals surface area (Å²) in [7, 11) is -4.42. The second-order valence-corrected chi connectivity index (χ2v) is 15.7. The number of sulfone groups is 1. The van der Waals surface area contributed by atoms with Crippen molar-refractivity contribution >= 4 is 31.5 Å². The van der Waals surface area contributed by atoms with E-state index in [9.17, 15) is 17.7 Å². The topological polar surface area (TPSA) is 84.3 Å². The van der Waals surface area contributed by atoms with Crippen LogP contribution in [0.3, 0.4) is 0 Å². The Hall–Kier alpha value is -3.65. The zero-order valence-electron chi connectivity index (χ0n) is 24.7. The predicted molar refractivity (Wildman–Crippen MR) is 173 cm³/mol. The largest absolute Gasteiger partial charge is 0.386 e. The molecule has 1 N–H and O–H groups in total. The van der Waals surface area contributed by atoms with Crippen molar-refractivity contribution in [2.75, 3.05) is 12.5 Å². The van der Waals surface area contributed by atoms with Gasteiger partial charge < -0.3 is 5.11 Å². The molecule has 0 fully saturated rings. The van der Waals surface area contributed by atoms with Crippen LogP contribution in [0.4, 0.5) is 0 Å². The molecule has 0 spiro atoms. The summed E-state index contributed by atoms with van der Waals surface area (Å²) in [4.78, 5) is 4.96. The number of nitrogens with zero attached hydrogens (tertiary/aromatic N) is 1. The van der Waals surface area contributed by atoms with Crippen LogP contribution < -0.4 is 0 Å². The van der Waals surface area contributed by atoms with E-state index >= 15 is 0 Å². The average Bonchev–Trinajstić information content (AvgIpc) is 2.95. The molecular weight excluding hydrogens is 563 g/mol. The van der Waals surface area contributed by atoms with Crippen molar-refractivity contribution in [2.24, 2.45) is 0 Å². The van der Waals surface area contributed by atoms with Gasteiger partial charge in [0.2, 0.25) is 0 Å². The lowest BCUT2D eigenvalue weighted by Crippen LogP contribution is -2.22. The van der Waals surface area contributed by atoms with Crippen LogP contribution in [0.2, 0.25) is 0 Å². The zero-order chi connectivity index (χ0) is 30.4. The average molecular weight is 598 g/mol. The van der Waals surface area contributed by atoms with Crippen molar-refractivity contribution < 1.29 is 17.7 Å². The van der Waals surface area contributed by atoms with Crippen LogP contribution in [-0.2, 0) is 31.0 Å². The maximum absolute atomic E-state index is 12.7. The number of benzene rings is 4. The Bertz CT molecular complexity index is 1940. The van der Waals surface area contributed by atoms with Crippen LogP contribution in [0, 0.1) is 0 Å². The summed E-state index contributed by atoms with van der Waals surface area (Å²) in [6, 6.07) is 29.1. The molecule has 7 heteroatoms. The van der Waals surface area contributed by atoms with Crippen molar-refractivity contribution in [3.05, 3.63) is 108 Å². The molecule has 0 radical (unpaired) electrons. The molecule has 4 aromatic carbocycles. The fourth-order valence-electron chi connectivity index (χ4n) is 5.08. The molecule has 0 saturated heterocycles. The number of pyridine rings is 1. The van der Waals surface area contributed by atoms with Crippen LogP contribution in [0.1, 0.15) is 38.8 Å². The Labute approximate surface area is 250 Å². The van der Waals surface area contributed by atoms with Gasteiger partial charge in [-0.3, -0.25) is 9.19 Å². The van der Waals surface area contributed by atoms with E-state index in [1.165, 1.54) is 6.26 Å². The van der Waals surface area contributed by atoms with Crippen molar-refractivity contribution in [1.82, 2.24) is 4.98 Å². The first-order valence-corrected chi connectivity index (χ1v) is 17.1. The molecule has 1 aromatic heterocycles. The molecule has 216 valence electrons. The highest BCUT2D eigenvalue weighted by Crippen LogP contribution is 2.39. The van der Waals surface area contributed by atoms with Crippen molar-refractivity contribution in [3.63, 3.8) is 0 Å². The minimum atomic E-state index is -3.33. The van der Waals surface area contributed by atoms with Crippen molar-refractivity contribution in [1.29, 1.82) is 0 Å². The van der Waals surface area contributed by atoms with Gasteiger partial charge in [0, 0.05) is 40.5 Å². The number of hydrogen-bond acceptors (Lipinski definition) is 5. The molecule has 5 rings (SSSR count). The van der Waals surface area contributed by atoms with Crippen LogP contribution in [0.5, 0.6) is 0 Å². The number of fused-ring (bicyclic) bond motifs is 1. The molecule has 5 nitrogen and oxygen atoms in total. The summed E-state index contributed by atoms with van der Waals surface area (Å²) < 4.78 is 36.3. The maximum Gasteiger partial charge on any atom is 0.175 e. The van der Waals surface area contributed by atoms with Gasteiger partial charge in [0.1, 0.15) is 0 Å². The first-order chi connectivity index (χ1) is 19.7. The molecule has 0 amide bonds. The highest BCUT2D eigenvalue weighted by atomic mass is 32.2. The molecule has 1 atom stereocenters. The molecule has 1 unspecified atom stereocenters. The fourth-order valence-corrected chi connectivity index (χ4v) is 6.16. The van der Waals surface area contributed by atoms with E-state index in [-0.39, 0.29) is 4.90 Å². The third kappa shape index (κ3) is 5.82. The molecule has 0 bridgehead atoms. The smallest absolute Gasteiger partial charge is 0.175 e. The van der Waals surface area contributed by atoms with Gasteiger partial charge in [0.05, 0.1) is 20.8 Å². The lowest BCUT2D eigenvalue weighted by atomic mass is 9.87. The van der Waals surface area contributed by atoms with E-state index in [0.29, 0.717) is 0 Å². The Balaban J connectivity index is 1.71. The highest BCUT2D eigenvalue weighted by Gasteiger charge is 2.27. The Morgan fingerprint density at radius 3 is 1.98 bits per heavy atom. The molecule has 0 aliphatic rings. The third-order valence-corrected chi connectivity index (χ3v) is 10.7. The normalized spacial score (nSPS) is 13.3. The Morgan fingerprint density at radius 2 is 1.36 bits per heavy atom. The summed E-state index contributed by atoms with van der Waals surface area (Å²) in [5.74, 6) is 0. The Morgan fingerprint density at radius 1 is 0.714 bits per heavy atom. The second-order valence-electron chi connectivity index (χ2n) is 11.8. The van der Waals surface area contributed by atoms with Crippen molar-refractivity contribution in [3.8, 4) is 33.4 Å². The highest BCUT2D eigenvalue weighted by molar-refractivity contribution is 7.90. The molecule has 42 heavy (non-hydrogen) atoms. The fraction of sp³-hybridized carbons (Fsp3) is 0.229. The summed E-state index contributed by atoms with van der Waals surface area (Å²) in [5, 5.41) is 11.8. The lowest BCUT2D eigenvalue weighted by Gasteiger charge is -2.24. The van der Waals surface area contributed by atoms with Crippen LogP contribution in [-0.4, -0.2) is 35.2 Å². The molecule has 0 aliphatic heterocycles. The minimum absolute atomic E-state index is 0.253. The first kappa shape index (κ1) is 29.8. The second kappa shape index (κ2) is 10.9. The monoisotopic (exact) mass is 597 g/mol. The van der Waals surface area contributed by atoms with Gasteiger partial charge in [-0.2, -0.15) is 0 Å². The van der Waals surface area contributed by atoms with E-state index in [0.717, 1.165) is 55.4 Å². The number of aliphatic hydroxyl groups is 1. The van der Waals surface area contributed by atoms with Crippen LogP contribution >= 0.6 is 0 Å². The number of aromatic nitrogens is 1. The quantitative estimate of drug-likeness (QED) is 0.210. The van der Waals surface area contributed by atoms with Gasteiger partial charge >= 0.3 is 0 Å². The van der Waals surface area contributed by atoms with E-state index in [1.807, 2.05) is 56.3 Å². The summed E-state index contributed by atoms with van der Waals surface area (Å²) in [5.41, 5.74) is 7.10. The summed E-state index contributed by atoms with van der Waals surface area (Å²) >= 11 is 0. The van der Waals surface area contributed by atoms with Gasteiger partial charge in [-0.25, -0.2) is 8.42 Å². The van der Waals surface area contributed by atoms with E-state index < -0.39 is 31.0 Å². The van der Waals surface area contributed by atoms with Gasteiger partial charge in [0.25, 0.3) is 0 Å². The molecule has 1 heterocycles. The summed E-state index contributed by atoms with van der Waals surface area (Å²) in [6.07, 6.45) is 4.71. The molecule has 0 aliphatic carbocycles. The SMILES string of the molecule is CS(=O)C(C)(C)c1cc(-c2cccc(-c3ccc(C(C)(C)O)cc3-c3ccc(S(C)(=O)=O)cc3)c2)c2ncccc2c1. The van der Waals surface area contributed by atoms with Gasteiger partial charge in [-0.05, 0) is 109 Å². The third-order valence-electron chi connectivity index (χ3n) is 7.92. The van der Waals surface area contributed by atoms with E-state index in [1.54, 1.807) is 50.6 Å². The maximum atomic E-state index is 12.7. The van der Waals surface area contributed by atoms with Crippen LogP contribution in [0.15, 0.2) is 102 Å². The molecular formula is C35H35NO4S2. The molecule has 5 aromatic rings. The van der Waals surface area contributed by atoms with Gasteiger partial charge in [-0.15, -0.1) is 0 Å². The number of rotatable bonds is 7. The number of hydrogen-bond donors (Lipinski definition) is 1. The van der Waals surface area contributed by atoms with Gasteiger partial charge in [0.15, 0.2) is 9.84 Å². The van der Waals surface area contributed by atoms with E-state index in [2.05, 4.69) is 24.3 Å². The van der Waals surface area contributed by atoms with E-state index in [4.69, 9.17) is 4.98 Å². The predicted octanol–water partition coefficient (Wildman–Crippen LogP) is 7.48. The lowest BCUT2D eigenvalue weighted by molar-refractivity contribution is 0.0786. The molecule has 0 saturated carbocycles. The van der Waals surface area contributed by atoms with Gasteiger partial charge in [-0.1, -0.05) is 48.5 Å². The Kier molecular flexibility index (Phi) is 7.73. The van der Waals surface area contributed by atoms with Crippen LogP contribution in [0.25, 0.3) is 44.3 Å². The standard InChI is InChI=1S/C35H35NO4S2/c1-34(2,37)27-14-17-30(31(21-27)23-12-15-29(16-13-23)42(6,39)40)24-9-7-10-25(19-24)32-22-28(35(3,4)41(5)38)20-26-11-8-18-36-33(26)32/h7-22,37H,1-6H3. The minimum Gasteiger partial charge on any atom is -0.386 e. The summed E-state index contributed by atoms with van der Waals surface area (Å²) in [6.45, 7) is 7.48. The van der Waals surface area contributed by atoms with Crippen molar-refractivity contribution in [2.45, 2.75) is 42.9 Å². The first-order valence-electron chi connectivity index (χ1n) is 13.7. The zero-order valence-corrected chi connectivity index (χ0v) is 26.3.